The van der Waals surface area contributed by atoms with Gasteiger partial charge in [-0.05, 0) is 25.7 Å². The molecule has 0 unspecified atom stereocenters. The highest BCUT2D eigenvalue weighted by Crippen LogP contribution is 2.27. The zero-order valence-corrected chi connectivity index (χ0v) is 10.2. The van der Waals surface area contributed by atoms with Gasteiger partial charge >= 0.3 is 0 Å². The number of carbonyl (C=O) groups is 1. The third-order valence-corrected chi connectivity index (χ3v) is 3.15. The van der Waals surface area contributed by atoms with Gasteiger partial charge < -0.3 is 10.6 Å². The summed E-state index contributed by atoms with van der Waals surface area (Å²) in [6, 6.07) is 0. The minimum Gasteiger partial charge on any atom is -0.392 e. The summed E-state index contributed by atoms with van der Waals surface area (Å²) in [6.45, 7) is 3.09. The van der Waals surface area contributed by atoms with Crippen LogP contribution in [-0.2, 0) is 4.79 Å². The summed E-state index contributed by atoms with van der Waals surface area (Å²) in [5.74, 6) is 0.801. The topological polar surface area (TPSA) is 46.3 Å². The Bertz CT molecular complexity index is 237. The first-order valence-electron chi connectivity index (χ1n) is 5.69. The van der Waals surface area contributed by atoms with Crippen LogP contribution < -0.4 is 5.73 Å². The molecule has 0 saturated heterocycles. The van der Waals surface area contributed by atoms with Crippen molar-refractivity contribution in [2.75, 3.05) is 13.1 Å². The number of hydrogen-bond donors (Lipinski definition) is 1. The van der Waals surface area contributed by atoms with Gasteiger partial charge in [-0.15, -0.1) is 0 Å². The maximum absolute atomic E-state index is 11.9. The van der Waals surface area contributed by atoms with Crippen LogP contribution in [0.15, 0.2) is 0 Å². The average Bonchev–Trinajstić information content (AvgIpc) is 2.66. The molecule has 1 fully saturated rings. The van der Waals surface area contributed by atoms with E-state index in [2.05, 4.69) is 0 Å². The summed E-state index contributed by atoms with van der Waals surface area (Å²) in [4.78, 5) is 14.0. The van der Waals surface area contributed by atoms with E-state index in [0.717, 1.165) is 0 Å². The fourth-order valence-corrected chi connectivity index (χ4v) is 2.31. The second-order valence-electron chi connectivity index (χ2n) is 4.23. The molecule has 2 N–H and O–H groups in total. The molecule has 1 rings (SSSR count). The number of thiocarbonyl (C=S) groups is 1. The summed E-state index contributed by atoms with van der Waals surface area (Å²) in [6.07, 6.45) is 5.64. The van der Waals surface area contributed by atoms with Crippen molar-refractivity contribution in [2.24, 2.45) is 11.7 Å². The average molecular weight is 228 g/mol. The van der Waals surface area contributed by atoms with Crippen molar-refractivity contribution < 1.29 is 4.79 Å². The van der Waals surface area contributed by atoms with Crippen molar-refractivity contribution in [1.29, 1.82) is 0 Å². The molecule has 1 aliphatic carbocycles. The molecule has 1 aliphatic rings. The van der Waals surface area contributed by atoms with Crippen LogP contribution in [0.2, 0.25) is 0 Å². The summed E-state index contributed by atoms with van der Waals surface area (Å²) in [5, 5.41) is 0. The first kappa shape index (κ1) is 12.4. The molecule has 3 nitrogen and oxygen atoms in total. The van der Waals surface area contributed by atoms with Crippen LogP contribution in [0, 0.1) is 5.92 Å². The zero-order chi connectivity index (χ0) is 11.3. The predicted octanol–water partition coefficient (Wildman–Crippen LogP) is 1.70. The fraction of sp³-hybridized carbons (Fsp3) is 0.818. The smallest absolute Gasteiger partial charge is 0.223 e. The normalized spacial score (nSPS) is 16.6. The third kappa shape index (κ3) is 4.16. The monoisotopic (exact) mass is 228 g/mol. The quantitative estimate of drug-likeness (QED) is 0.729. The molecule has 0 aromatic heterocycles. The molecular formula is C11H20N2OS. The highest BCUT2D eigenvalue weighted by molar-refractivity contribution is 7.80. The summed E-state index contributed by atoms with van der Waals surface area (Å²) in [5.41, 5.74) is 5.45. The maximum atomic E-state index is 11.9. The van der Waals surface area contributed by atoms with E-state index < -0.39 is 0 Å². The van der Waals surface area contributed by atoms with Crippen LogP contribution in [0.1, 0.15) is 39.0 Å². The lowest BCUT2D eigenvalue weighted by Gasteiger charge is -2.21. The van der Waals surface area contributed by atoms with Gasteiger partial charge in [-0.25, -0.2) is 0 Å². The van der Waals surface area contributed by atoms with Crippen molar-refractivity contribution in [1.82, 2.24) is 4.90 Å². The van der Waals surface area contributed by atoms with Crippen LogP contribution in [-0.4, -0.2) is 28.9 Å². The third-order valence-electron chi connectivity index (χ3n) is 3.02. The Morgan fingerprint density at radius 3 is 2.53 bits per heavy atom. The molecule has 15 heavy (non-hydrogen) atoms. The van der Waals surface area contributed by atoms with Crippen LogP contribution >= 0.6 is 12.2 Å². The molecule has 0 spiro atoms. The number of likely N-dealkylation sites (N-methyl/N-ethyl adjacent to an activating group) is 1. The number of nitrogens with zero attached hydrogens (tertiary/aromatic N) is 1. The van der Waals surface area contributed by atoms with E-state index in [0.29, 0.717) is 30.4 Å². The van der Waals surface area contributed by atoms with E-state index in [1.165, 1.54) is 25.7 Å². The lowest BCUT2D eigenvalue weighted by molar-refractivity contribution is -0.131. The van der Waals surface area contributed by atoms with E-state index in [4.69, 9.17) is 18.0 Å². The van der Waals surface area contributed by atoms with E-state index in [1.54, 1.807) is 4.90 Å². The molecular weight excluding hydrogens is 208 g/mol. The van der Waals surface area contributed by atoms with Crippen LogP contribution in [0.5, 0.6) is 0 Å². The SMILES string of the molecule is CCN(CC(N)=S)C(=O)CC1CCCC1. The van der Waals surface area contributed by atoms with Gasteiger partial charge in [-0.2, -0.15) is 0 Å². The van der Waals surface area contributed by atoms with E-state index in [1.807, 2.05) is 6.92 Å². The number of carbonyl (C=O) groups excluding carboxylic acids is 1. The van der Waals surface area contributed by atoms with Crippen molar-refractivity contribution in [3.05, 3.63) is 0 Å². The summed E-state index contributed by atoms with van der Waals surface area (Å²) < 4.78 is 0. The molecule has 1 saturated carbocycles. The van der Waals surface area contributed by atoms with Gasteiger partial charge in [0.15, 0.2) is 0 Å². The highest BCUT2D eigenvalue weighted by atomic mass is 32.1. The maximum Gasteiger partial charge on any atom is 0.223 e. The van der Waals surface area contributed by atoms with Gasteiger partial charge in [0.2, 0.25) is 5.91 Å². The van der Waals surface area contributed by atoms with Gasteiger partial charge in [0, 0.05) is 13.0 Å². The lowest BCUT2D eigenvalue weighted by atomic mass is 10.0. The Labute approximate surface area is 97.0 Å². The minimum absolute atomic E-state index is 0.206. The molecule has 0 aromatic carbocycles. The molecule has 4 heteroatoms. The molecule has 0 bridgehead atoms. The standard InChI is InChI=1S/C11H20N2OS/c1-2-13(8-10(12)15)11(14)7-9-5-3-4-6-9/h9H,2-8H2,1H3,(H2,12,15). The minimum atomic E-state index is 0.206. The lowest BCUT2D eigenvalue weighted by Crippen LogP contribution is -2.38. The van der Waals surface area contributed by atoms with E-state index in [9.17, 15) is 4.79 Å². The van der Waals surface area contributed by atoms with Crippen molar-refractivity contribution >= 4 is 23.1 Å². The Morgan fingerprint density at radius 2 is 2.07 bits per heavy atom. The Balaban J connectivity index is 2.38. The van der Waals surface area contributed by atoms with Crippen LogP contribution in [0.3, 0.4) is 0 Å². The Kier molecular flexibility index (Phi) is 5.02. The van der Waals surface area contributed by atoms with E-state index in [-0.39, 0.29) is 5.91 Å². The summed E-state index contributed by atoms with van der Waals surface area (Å²) >= 11 is 4.82. The molecule has 86 valence electrons. The zero-order valence-electron chi connectivity index (χ0n) is 9.37. The highest BCUT2D eigenvalue weighted by Gasteiger charge is 2.21. The fourth-order valence-electron chi connectivity index (χ4n) is 2.15. The van der Waals surface area contributed by atoms with Gasteiger partial charge in [-0.3, -0.25) is 4.79 Å². The first-order chi connectivity index (χ1) is 7.13. The van der Waals surface area contributed by atoms with E-state index >= 15 is 0 Å². The van der Waals surface area contributed by atoms with Crippen LogP contribution in [0.25, 0.3) is 0 Å². The molecule has 0 aliphatic heterocycles. The predicted molar refractivity (Wildman–Crippen MR) is 65.6 cm³/mol. The second kappa shape index (κ2) is 6.05. The van der Waals surface area contributed by atoms with Gasteiger partial charge in [-0.1, -0.05) is 25.1 Å². The number of rotatable bonds is 5. The molecule has 0 atom stereocenters. The number of amides is 1. The number of hydrogen-bond acceptors (Lipinski definition) is 2. The Morgan fingerprint density at radius 1 is 1.47 bits per heavy atom. The second-order valence-corrected chi connectivity index (χ2v) is 4.75. The molecule has 1 amide bonds. The van der Waals surface area contributed by atoms with Gasteiger partial charge in [0.25, 0.3) is 0 Å². The largest absolute Gasteiger partial charge is 0.392 e. The van der Waals surface area contributed by atoms with Crippen molar-refractivity contribution in [3.8, 4) is 0 Å². The van der Waals surface area contributed by atoms with Gasteiger partial charge in [0.05, 0.1) is 11.5 Å². The van der Waals surface area contributed by atoms with Crippen molar-refractivity contribution in [2.45, 2.75) is 39.0 Å². The summed E-state index contributed by atoms with van der Waals surface area (Å²) in [7, 11) is 0. The Hall–Kier alpha value is -0.640. The molecule has 0 heterocycles. The van der Waals surface area contributed by atoms with Gasteiger partial charge in [0.1, 0.15) is 0 Å². The molecule has 0 radical (unpaired) electrons. The number of nitrogens with two attached hydrogens (primary N) is 1. The van der Waals surface area contributed by atoms with Crippen molar-refractivity contribution in [3.63, 3.8) is 0 Å². The van der Waals surface area contributed by atoms with Crippen LogP contribution in [0.4, 0.5) is 0 Å². The first-order valence-corrected chi connectivity index (χ1v) is 6.10. The molecule has 0 aromatic rings.